The van der Waals surface area contributed by atoms with Gasteiger partial charge < -0.3 is 0 Å². The molecule has 1 fully saturated rings. The van der Waals surface area contributed by atoms with Crippen molar-refractivity contribution < 1.29 is 0 Å². The summed E-state index contributed by atoms with van der Waals surface area (Å²) >= 11 is 0. The Bertz CT molecular complexity index is 249. The van der Waals surface area contributed by atoms with E-state index in [1.807, 2.05) is 0 Å². The molecule has 1 aromatic carbocycles. The lowest BCUT2D eigenvalue weighted by Gasteiger charge is -2.21. The third-order valence-corrected chi connectivity index (χ3v) is 3.08. The van der Waals surface area contributed by atoms with Gasteiger partial charge in [-0.05, 0) is 37.2 Å². The molecule has 0 unspecified atom stereocenters. The van der Waals surface area contributed by atoms with Gasteiger partial charge >= 0.3 is 0 Å². The SMILES string of the molecule is c1ccc(CCC2CC[N]CC2)cc1. The first kappa shape index (κ1) is 9.72. The fourth-order valence-electron chi connectivity index (χ4n) is 2.11. The molecule has 1 radical (unpaired) electrons. The van der Waals surface area contributed by atoms with Gasteiger partial charge in [-0.15, -0.1) is 0 Å². The molecule has 1 heterocycles. The Balaban J connectivity index is 1.76. The number of hydrogen-bond acceptors (Lipinski definition) is 0. The number of benzene rings is 1. The molecule has 0 bridgehead atoms. The first-order valence-corrected chi connectivity index (χ1v) is 5.62. The summed E-state index contributed by atoms with van der Waals surface area (Å²) in [5.41, 5.74) is 1.48. The van der Waals surface area contributed by atoms with Crippen molar-refractivity contribution in [2.45, 2.75) is 25.7 Å². The largest absolute Gasteiger partial charge is 0.242 e. The van der Waals surface area contributed by atoms with Crippen molar-refractivity contribution in [3.63, 3.8) is 0 Å². The van der Waals surface area contributed by atoms with Gasteiger partial charge in [0, 0.05) is 13.1 Å². The van der Waals surface area contributed by atoms with Crippen molar-refractivity contribution in [2.24, 2.45) is 5.92 Å². The van der Waals surface area contributed by atoms with Crippen LogP contribution in [0.15, 0.2) is 30.3 Å². The van der Waals surface area contributed by atoms with E-state index >= 15 is 0 Å². The molecular weight excluding hydrogens is 170 g/mol. The van der Waals surface area contributed by atoms with Crippen molar-refractivity contribution >= 4 is 0 Å². The van der Waals surface area contributed by atoms with Crippen LogP contribution >= 0.6 is 0 Å². The third-order valence-electron chi connectivity index (χ3n) is 3.08. The molecular formula is C13H18N. The monoisotopic (exact) mass is 188 g/mol. The van der Waals surface area contributed by atoms with Gasteiger partial charge in [-0.25, -0.2) is 5.32 Å². The van der Waals surface area contributed by atoms with Crippen LogP contribution in [0.2, 0.25) is 0 Å². The van der Waals surface area contributed by atoms with E-state index in [0.717, 1.165) is 19.0 Å². The highest BCUT2D eigenvalue weighted by molar-refractivity contribution is 5.14. The molecule has 1 saturated heterocycles. The number of aryl methyl sites for hydroxylation is 1. The highest BCUT2D eigenvalue weighted by Crippen LogP contribution is 2.18. The molecule has 0 aromatic heterocycles. The molecule has 1 nitrogen and oxygen atoms in total. The average molecular weight is 188 g/mol. The first-order chi connectivity index (χ1) is 6.95. The number of rotatable bonds is 3. The van der Waals surface area contributed by atoms with Crippen LogP contribution in [0.4, 0.5) is 0 Å². The summed E-state index contributed by atoms with van der Waals surface area (Å²) in [4.78, 5) is 0. The average Bonchev–Trinajstić information content (AvgIpc) is 2.29. The van der Waals surface area contributed by atoms with E-state index in [9.17, 15) is 0 Å². The second kappa shape index (κ2) is 5.16. The van der Waals surface area contributed by atoms with Crippen molar-refractivity contribution in [3.05, 3.63) is 35.9 Å². The zero-order valence-electron chi connectivity index (χ0n) is 8.65. The zero-order chi connectivity index (χ0) is 9.64. The van der Waals surface area contributed by atoms with Gasteiger partial charge in [-0.2, -0.15) is 0 Å². The highest BCUT2D eigenvalue weighted by Gasteiger charge is 2.12. The molecule has 0 aliphatic carbocycles. The Labute approximate surface area is 86.5 Å². The topological polar surface area (TPSA) is 14.1 Å². The Kier molecular flexibility index (Phi) is 3.58. The first-order valence-electron chi connectivity index (χ1n) is 5.62. The second-order valence-electron chi connectivity index (χ2n) is 4.14. The lowest BCUT2D eigenvalue weighted by molar-refractivity contribution is 0.350. The lowest BCUT2D eigenvalue weighted by Crippen LogP contribution is -2.22. The Hall–Kier alpha value is -0.820. The minimum Gasteiger partial charge on any atom is -0.242 e. The molecule has 1 aliphatic heterocycles. The van der Waals surface area contributed by atoms with E-state index in [1.54, 1.807) is 0 Å². The molecule has 0 spiro atoms. The smallest absolute Gasteiger partial charge is 0.0136 e. The molecule has 1 aliphatic rings. The van der Waals surface area contributed by atoms with Gasteiger partial charge in [0.1, 0.15) is 0 Å². The maximum Gasteiger partial charge on any atom is 0.0136 e. The van der Waals surface area contributed by atoms with Gasteiger partial charge in [-0.3, -0.25) is 0 Å². The maximum atomic E-state index is 4.38. The van der Waals surface area contributed by atoms with Crippen molar-refractivity contribution in [1.29, 1.82) is 0 Å². The van der Waals surface area contributed by atoms with Crippen LogP contribution in [0.1, 0.15) is 24.8 Å². The molecule has 0 amide bonds. The number of nitrogens with zero attached hydrogens (tertiary/aromatic N) is 1. The Morgan fingerprint density at radius 2 is 1.79 bits per heavy atom. The highest BCUT2D eigenvalue weighted by atomic mass is 14.9. The van der Waals surface area contributed by atoms with Gasteiger partial charge in [0.05, 0.1) is 0 Å². The Morgan fingerprint density at radius 1 is 1.07 bits per heavy atom. The lowest BCUT2D eigenvalue weighted by atomic mass is 9.91. The predicted molar refractivity (Wildman–Crippen MR) is 59.4 cm³/mol. The summed E-state index contributed by atoms with van der Waals surface area (Å²) in [5, 5.41) is 4.38. The fraction of sp³-hybridized carbons (Fsp3) is 0.538. The molecule has 1 heteroatoms. The molecule has 75 valence electrons. The number of piperidine rings is 1. The van der Waals surface area contributed by atoms with Crippen molar-refractivity contribution in [1.82, 2.24) is 5.32 Å². The van der Waals surface area contributed by atoms with Crippen LogP contribution in [0.3, 0.4) is 0 Å². The van der Waals surface area contributed by atoms with Gasteiger partial charge in [0.2, 0.25) is 0 Å². The van der Waals surface area contributed by atoms with Gasteiger partial charge in [-0.1, -0.05) is 30.3 Å². The van der Waals surface area contributed by atoms with E-state index in [2.05, 4.69) is 35.6 Å². The predicted octanol–water partition coefficient (Wildman–Crippen LogP) is 2.63. The summed E-state index contributed by atoms with van der Waals surface area (Å²) in [6.07, 6.45) is 5.21. The quantitative estimate of drug-likeness (QED) is 0.692. The zero-order valence-corrected chi connectivity index (χ0v) is 8.65. The fourth-order valence-corrected chi connectivity index (χ4v) is 2.11. The minimum absolute atomic E-state index is 0.924. The van der Waals surface area contributed by atoms with Gasteiger partial charge in [0.15, 0.2) is 0 Å². The summed E-state index contributed by atoms with van der Waals surface area (Å²) in [6, 6.07) is 10.8. The van der Waals surface area contributed by atoms with Crippen LogP contribution in [0.25, 0.3) is 0 Å². The van der Waals surface area contributed by atoms with E-state index in [-0.39, 0.29) is 0 Å². The minimum atomic E-state index is 0.924. The van der Waals surface area contributed by atoms with E-state index in [4.69, 9.17) is 0 Å². The van der Waals surface area contributed by atoms with Crippen molar-refractivity contribution in [2.75, 3.05) is 13.1 Å². The van der Waals surface area contributed by atoms with E-state index in [1.165, 1.54) is 31.2 Å². The van der Waals surface area contributed by atoms with E-state index in [0.29, 0.717) is 0 Å². The van der Waals surface area contributed by atoms with Crippen LogP contribution in [-0.2, 0) is 6.42 Å². The van der Waals surface area contributed by atoms with Crippen LogP contribution in [0.5, 0.6) is 0 Å². The molecule has 0 atom stereocenters. The Morgan fingerprint density at radius 3 is 2.50 bits per heavy atom. The van der Waals surface area contributed by atoms with Crippen LogP contribution < -0.4 is 5.32 Å². The molecule has 1 aromatic rings. The normalized spacial score (nSPS) is 18.3. The summed E-state index contributed by atoms with van der Waals surface area (Å²) in [6.45, 7) is 2.19. The number of hydrogen-bond donors (Lipinski definition) is 0. The van der Waals surface area contributed by atoms with Gasteiger partial charge in [0.25, 0.3) is 0 Å². The molecule has 14 heavy (non-hydrogen) atoms. The summed E-state index contributed by atoms with van der Waals surface area (Å²) in [5.74, 6) is 0.924. The summed E-state index contributed by atoms with van der Waals surface area (Å²) < 4.78 is 0. The molecule has 0 saturated carbocycles. The van der Waals surface area contributed by atoms with Crippen LogP contribution in [0, 0.1) is 5.92 Å². The van der Waals surface area contributed by atoms with Crippen LogP contribution in [-0.4, -0.2) is 13.1 Å². The van der Waals surface area contributed by atoms with E-state index < -0.39 is 0 Å². The molecule has 2 rings (SSSR count). The molecule has 0 N–H and O–H groups in total. The second-order valence-corrected chi connectivity index (χ2v) is 4.14. The summed E-state index contributed by atoms with van der Waals surface area (Å²) in [7, 11) is 0. The third kappa shape index (κ3) is 2.85. The van der Waals surface area contributed by atoms with Crippen molar-refractivity contribution in [3.8, 4) is 0 Å². The maximum absolute atomic E-state index is 4.38. The standard InChI is InChI=1S/C13H18N/c1-2-4-12(5-3-1)6-7-13-8-10-14-11-9-13/h1-5,13H,6-11H2.